The smallest absolute Gasteiger partial charge is 0.0342 e. The molecule has 0 heterocycles. The fraction of sp³-hybridized carbons (Fsp3) is 0.647. The summed E-state index contributed by atoms with van der Waals surface area (Å²) in [7, 11) is 0. The van der Waals surface area contributed by atoms with E-state index in [1.165, 1.54) is 43.4 Å². The van der Waals surface area contributed by atoms with Gasteiger partial charge in [0, 0.05) is 11.7 Å². The Morgan fingerprint density at radius 3 is 1.94 bits per heavy atom. The normalized spacial score (nSPS) is 12.7. The third kappa shape index (κ3) is 4.72. The zero-order valence-corrected chi connectivity index (χ0v) is 12.5. The van der Waals surface area contributed by atoms with Gasteiger partial charge in [0.05, 0.1) is 0 Å². The number of nitrogens with one attached hydrogen (secondary N) is 1. The van der Waals surface area contributed by atoms with Gasteiger partial charge < -0.3 is 5.32 Å². The minimum atomic E-state index is 0.634. The summed E-state index contributed by atoms with van der Waals surface area (Å²) < 4.78 is 0. The van der Waals surface area contributed by atoms with Crippen LogP contribution in [0.25, 0.3) is 0 Å². The molecule has 1 aromatic rings. The molecule has 1 N–H and O–H groups in total. The van der Waals surface area contributed by atoms with E-state index >= 15 is 0 Å². The molecule has 0 fully saturated rings. The van der Waals surface area contributed by atoms with Crippen molar-refractivity contribution in [2.24, 2.45) is 0 Å². The topological polar surface area (TPSA) is 12.0 Å². The summed E-state index contributed by atoms with van der Waals surface area (Å²) in [6, 6.07) is 9.64. The summed E-state index contributed by atoms with van der Waals surface area (Å²) >= 11 is 0. The van der Waals surface area contributed by atoms with Gasteiger partial charge in [0.15, 0.2) is 0 Å². The molecule has 0 radical (unpaired) electrons. The average molecular weight is 247 g/mol. The largest absolute Gasteiger partial charge is 0.382 e. The highest BCUT2D eigenvalue weighted by Gasteiger charge is 2.07. The summed E-state index contributed by atoms with van der Waals surface area (Å²) in [4.78, 5) is 0. The highest BCUT2D eigenvalue weighted by molar-refractivity contribution is 5.46. The van der Waals surface area contributed by atoms with E-state index in [2.05, 4.69) is 57.3 Å². The first kappa shape index (κ1) is 15.1. The molecule has 0 aromatic heterocycles. The molecule has 1 aromatic carbocycles. The van der Waals surface area contributed by atoms with E-state index in [0.29, 0.717) is 12.0 Å². The molecule has 0 aliphatic heterocycles. The Bertz CT molecular complexity index is 309. The van der Waals surface area contributed by atoms with Gasteiger partial charge in [-0.15, -0.1) is 0 Å². The van der Waals surface area contributed by atoms with Gasteiger partial charge in [-0.25, -0.2) is 0 Å². The molecule has 1 rings (SSSR count). The second-order valence-corrected chi connectivity index (χ2v) is 5.35. The van der Waals surface area contributed by atoms with E-state index in [0.717, 1.165) is 0 Å². The molecule has 0 saturated heterocycles. The first-order valence-electron chi connectivity index (χ1n) is 7.57. The van der Waals surface area contributed by atoms with Crippen molar-refractivity contribution in [3.63, 3.8) is 0 Å². The number of rotatable bonds is 8. The van der Waals surface area contributed by atoms with E-state index in [1.54, 1.807) is 0 Å². The minimum absolute atomic E-state index is 0.634. The van der Waals surface area contributed by atoms with Crippen molar-refractivity contribution in [2.45, 2.75) is 71.8 Å². The van der Waals surface area contributed by atoms with Crippen molar-refractivity contribution in [1.82, 2.24) is 0 Å². The highest BCUT2D eigenvalue weighted by Crippen LogP contribution is 2.21. The lowest BCUT2D eigenvalue weighted by molar-refractivity contribution is 0.586. The molecule has 1 unspecified atom stereocenters. The fourth-order valence-corrected chi connectivity index (χ4v) is 2.36. The lowest BCUT2D eigenvalue weighted by Gasteiger charge is -2.19. The quantitative estimate of drug-likeness (QED) is 0.632. The van der Waals surface area contributed by atoms with Crippen LogP contribution < -0.4 is 5.32 Å². The highest BCUT2D eigenvalue weighted by atomic mass is 14.9. The molecular formula is C17H29N. The predicted octanol–water partition coefficient (Wildman–Crippen LogP) is 5.58. The van der Waals surface area contributed by atoms with Gasteiger partial charge in [0.25, 0.3) is 0 Å². The maximum Gasteiger partial charge on any atom is 0.0342 e. The summed E-state index contributed by atoms with van der Waals surface area (Å²) in [5.74, 6) is 0.668. The number of benzene rings is 1. The summed E-state index contributed by atoms with van der Waals surface area (Å²) in [6.45, 7) is 9.06. The van der Waals surface area contributed by atoms with E-state index in [4.69, 9.17) is 0 Å². The molecule has 0 aliphatic rings. The van der Waals surface area contributed by atoms with Crippen molar-refractivity contribution in [2.75, 3.05) is 5.32 Å². The van der Waals surface area contributed by atoms with Gasteiger partial charge in [-0.2, -0.15) is 0 Å². The predicted molar refractivity (Wildman–Crippen MR) is 82.4 cm³/mol. The lowest BCUT2D eigenvalue weighted by Crippen LogP contribution is -2.18. The monoisotopic (exact) mass is 247 g/mol. The molecule has 18 heavy (non-hydrogen) atoms. The minimum Gasteiger partial charge on any atom is -0.382 e. The lowest BCUT2D eigenvalue weighted by atomic mass is 9.98. The second kappa shape index (κ2) is 8.18. The molecule has 102 valence electrons. The van der Waals surface area contributed by atoms with Crippen LogP contribution in [0.1, 0.15) is 71.3 Å². The Morgan fingerprint density at radius 2 is 1.50 bits per heavy atom. The number of anilines is 1. The Hall–Kier alpha value is -0.980. The van der Waals surface area contributed by atoms with Crippen molar-refractivity contribution in [3.05, 3.63) is 29.8 Å². The molecule has 1 heteroatoms. The van der Waals surface area contributed by atoms with Gasteiger partial charge in [0.2, 0.25) is 0 Å². The Balaban J connectivity index is 2.60. The van der Waals surface area contributed by atoms with Gasteiger partial charge in [-0.3, -0.25) is 0 Å². The molecule has 1 nitrogen and oxygen atoms in total. The standard InChI is InChI=1S/C17H29N/c1-5-8-16(9-6-2)18-17-12-10-15(11-13-17)14(4)7-3/h10-14,16,18H,5-9H2,1-4H3. The summed E-state index contributed by atoms with van der Waals surface area (Å²) in [6.07, 6.45) is 6.24. The van der Waals surface area contributed by atoms with Crippen molar-refractivity contribution >= 4 is 5.69 Å². The molecule has 0 amide bonds. The first-order valence-corrected chi connectivity index (χ1v) is 7.57. The van der Waals surface area contributed by atoms with Crippen LogP contribution in [-0.2, 0) is 0 Å². The van der Waals surface area contributed by atoms with E-state index < -0.39 is 0 Å². The van der Waals surface area contributed by atoms with Gasteiger partial charge in [0.1, 0.15) is 0 Å². The zero-order chi connectivity index (χ0) is 13.4. The molecular weight excluding hydrogens is 218 g/mol. The maximum absolute atomic E-state index is 3.66. The third-order valence-corrected chi connectivity index (χ3v) is 3.74. The van der Waals surface area contributed by atoms with Gasteiger partial charge in [-0.05, 0) is 42.9 Å². The van der Waals surface area contributed by atoms with Crippen LogP contribution in [0, 0.1) is 0 Å². The Labute approximate surface area is 113 Å². The van der Waals surface area contributed by atoms with Crippen LogP contribution in [0.2, 0.25) is 0 Å². The van der Waals surface area contributed by atoms with E-state index in [1.807, 2.05) is 0 Å². The molecule has 0 saturated carbocycles. The van der Waals surface area contributed by atoms with E-state index in [9.17, 15) is 0 Å². The molecule has 1 atom stereocenters. The van der Waals surface area contributed by atoms with E-state index in [-0.39, 0.29) is 0 Å². The maximum atomic E-state index is 3.66. The first-order chi connectivity index (χ1) is 8.71. The number of hydrogen-bond donors (Lipinski definition) is 1. The Kier molecular flexibility index (Phi) is 6.85. The average Bonchev–Trinajstić information content (AvgIpc) is 2.39. The van der Waals surface area contributed by atoms with Crippen LogP contribution in [0.15, 0.2) is 24.3 Å². The van der Waals surface area contributed by atoms with Crippen LogP contribution in [0.3, 0.4) is 0 Å². The zero-order valence-electron chi connectivity index (χ0n) is 12.5. The third-order valence-electron chi connectivity index (χ3n) is 3.74. The van der Waals surface area contributed by atoms with Crippen molar-refractivity contribution < 1.29 is 0 Å². The van der Waals surface area contributed by atoms with Crippen molar-refractivity contribution in [3.8, 4) is 0 Å². The van der Waals surface area contributed by atoms with Crippen LogP contribution >= 0.6 is 0 Å². The van der Waals surface area contributed by atoms with Crippen LogP contribution in [0.4, 0.5) is 5.69 Å². The molecule has 0 aliphatic carbocycles. The fourth-order valence-electron chi connectivity index (χ4n) is 2.36. The SMILES string of the molecule is CCCC(CCC)Nc1ccc(C(C)CC)cc1. The van der Waals surface area contributed by atoms with Crippen molar-refractivity contribution in [1.29, 1.82) is 0 Å². The Morgan fingerprint density at radius 1 is 0.944 bits per heavy atom. The summed E-state index contributed by atoms with van der Waals surface area (Å²) in [5, 5.41) is 3.66. The number of hydrogen-bond acceptors (Lipinski definition) is 1. The molecule has 0 bridgehead atoms. The second-order valence-electron chi connectivity index (χ2n) is 5.35. The molecule has 0 spiro atoms. The van der Waals surface area contributed by atoms with Crippen LogP contribution in [-0.4, -0.2) is 6.04 Å². The van der Waals surface area contributed by atoms with Crippen LogP contribution in [0.5, 0.6) is 0 Å². The van der Waals surface area contributed by atoms with Gasteiger partial charge >= 0.3 is 0 Å². The van der Waals surface area contributed by atoms with Gasteiger partial charge in [-0.1, -0.05) is 52.7 Å². The summed E-state index contributed by atoms with van der Waals surface area (Å²) in [5.41, 5.74) is 2.72.